The predicted octanol–water partition coefficient (Wildman–Crippen LogP) is 3.26. The first-order chi connectivity index (χ1) is 8.42. The fourth-order valence-corrected chi connectivity index (χ4v) is 2.26. The monoisotopic (exact) mass is 219 g/mol. The van der Waals surface area contributed by atoms with E-state index in [1.807, 2.05) is 24.3 Å². The average Bonchev–Trinajstić information content (AvgIpc) is 2.73. The molecule has 0 saturated carbocycles. The van der Waals surface area contributed by atoms with Crippen LogP contribution in [0.25, 0.3) is 33.0 Å². The average molecular weight is 219 g/mol. The Balaban J connectivity index is 2.28. The number of aromatic nitrogens is 3. The summed E-state index contributed by atoms with van der Waals surface area (Å²) in [6.45, 7) is 0. The van der Waals surface area contributed by atoms with Gasteiger partial charge >= 0.3 is 0 Å². The molecule has 0 fully saturated rings. The Labute approximate surface area is 97.1 Å². The van der Waals surface area contributed by atoms with Crippen LogP contribution in [0.4, 0.5) is 0 Å². The molecule has 3 heterocycles. The fourth-order valence-electron chi connectivity index (χ4n) is 2.26. The third-order valence-corrected chi connectivity index (χ3v) is 3.05. The van der Waals surface area contributed by atoms with Crippen LogP contribution in [-0.2, 0) is 0 Å². The maximum absolute atomic E-state index is 4.60. The quantitative estimate of drug-likeness (QED) is 0.493. The molecule has 1 aromatic carbocycles. The van der Waals surface area contributed by atoms with Crippen molar-refractivity contribution in [3.63, 3.8) is 0 Å². The van der Waals surface area contributed by atoms with Crippen LogP contribution < -0.4 is 0 Å². The number of nitrogens with one attached hydrogen (secondary N) is 1. The molecule has 0 radical (unpaired) electrons. The van der Waals surface area contributed by atoms with Crippen LogP contribution in [0.1, 0.15) is 0 Å². The summed E-state index contributed by atoms with van der Waals surface area (Å²) in [5.74, 6) is 0. The standard InChI is InChI=1S/C14H9N3/c1-2-5-11-9(4-1)10-8-13-12(6-3-7-15-13)17-14(10)16-11/h1-8H,(H,16,17). The van der Waals surface area contributed by atoms with E-state index >= 15 is 0 Å². The Morgan fingerprint density at radius 1 is 0.882 bits per heavy atom. The zero-order chi connectivity index (χ0) is 11.2. The molecule has 0 aliphatic carbocycles. The second kappa shape index (κ2) is 3.04. The summed E-state index contributed by atoms with van der Waals surface area (Å²) in [5.41, 5.74) is 3.90. The predicted molar refractivity (Wildman–Crippen MR) is 68.9 cm³/mol. The first-order valence-corrected chi connectivity index (χ1v) is 5.54. The van der Waals surface area contributed by atoms with Crippen LogP contribution in [0.3, 0.4) is 0 Å². The molecule has 0 bridgehead atoms. The number of para-hydroxylation sites is 1. The molecule has 3 heteroatoms. The van der Waals surface area contributed by atoms with E-state index in [0.29, 0.717) is 0 Å². The molecule has 4 rings (SSSR count). The van der Waals surface area contributed by atoms with Gasteiger partial charge in [-0.15, -0.1) is 0 Å². The number of aromatic amines is 1. The van der Waals surface area contributed by atoms with Crippen molar-refractivity contribution in [2.24, 2.45) is 0 Å². The van der Waals surface area contributed by atoms with Gasteiger partial charge in [0.2, 0.25) is 0 Å². The van der Waals surface area contributed by atoms with Crippen LogP contribution in [0.15, 0.2) is 48.7 Å². The van der Waals surface area contributed by atoms with Crippen LogP contribution in [0.5, 0.6) is 0 Å². The highest BCUT2D eigenvalue weighted by molar-refractivity contribution is 6.08. The van der Waals surface area contributed by atoms with E-state index in [-0.39, 0.29) is 0 Å². The third kappa shape index (κ3) is 1.16. The van der Waals surface area contributed by atoms with Gasteiger partial charge < -0.3 is 4.98 Å². The molecule has 0 spiro atoms. The number of hydrogen-bond acceptors (Lipinski definition) is 2. The van der Waals surface area contributed by atoms with Gasteiger partial charge in [-0.05, 0) is 24.3 Å². The number of H-pyrrole nitrogens is 1. The van der Waals surface area contributed by atoms with Crippen molar-refractivity contribution in [1.82, 2.24) is 15.0 Å². The van der Waals surface area contributed by atoms with E-state index in [4.69, 9.17) is 0 Å². The molecular weight excluding hydrogens is 210 g/mol. The Morgan fingerprint density at radius 2 is 1.82 bits per heavy atom. The lowest BCUT2D eigenvalue weighted by atomic mass is 10.2. The zero-order valence-electron chi connectivity index (χ0n) is 9.01. The van der Waals surface area contributed by atoms with Gasteiger partial charge in [0, 0.05) is 22.5 Å². The normalized spacial score (nSPS) is 11.5. The van der Waals surface area contributed by atoms with Gasteiger partial charge in [0.1, 0.15) is 5.65 Å². The molecule has 0 aliphatic rings. The van der Waals surface area contributed by atoms with Gasteiger partial charge in [0.05, 0.1) is 11.0 Å². The number of nitrogens with zero attached hydrogens (tertiary/aromatic N) is 2. The first kappa shape index (κ1) is 8.70. The molecule has 0 amide bonds. The topological polar surface area (TPSA) is 41.6 Å². The van der Waals surface area contributed by atoms with Gasteiger partial charge in [-0.1, -0.05) is 18.2 Å². The van der Waals surface area contributed by atoms with E-state index in [2.05, 4.69) is 33.2 Å². The van der Waals surface area contributed by atoms with Crippen molar-refractivity contribution < 1.29 is 0 Å². The first-order valence-electron chi connectivity index (χ1n) is 5.54. The lowest BCUT2D eigenvalue weighted by Gasteiger charge is -1.95. The number of benzene rings is 1. The highest BCUT2D eigenvalue weighted by atomic mass is 14.9. The summed E-state index contributed by atoms with van der Waals surface area (Å²) in [6.07, 6.45) is 1.80. The lowest BCUT2D eigenvalue weighted by molar-refractivity contribution is 1.35. The minimum Gasteiger partial charge on any atom is -0.339 e. The molecule has 1 N–H and O–H groups in total. The zero-order valence-corrected chi connectivity index (χ0v) is 9.01. The minimum absolute atomic E-state index is 0.923. The Bertz CT molecular complexity index is 840. The Morgan fingerprint density at radius 3 is 2.82 bits per heavy atom. The maximum atomic E-state index is 4.60. The molecule has 3 aromatic heterocycles. The largest absolute Gasteiger partial charge is 0.339 e. The van der Waals surface area contributed by atoms with Crippen molar-refractivity contribution in [2.75, 3.05) is 0 Å². The van der Waals surface area contributed by atoms with E-state index in [9.17, 15) is 0 Å². The summed E-state index contributed by atoms with van der Waals surface area (Å²) < 4.78 is 0. The number of hydrogen-bond donors (Lipinski definition) is 1. The minimum atomic E-state index is 0.923. The van der Waals surface area contributed by atoms with Crippen molar-refractivity contribution >= 4 is 33.0 Å². The Hall–Kier alpha value is -2.42. The lowest BCUT2D eigenvalue weighted by Crippen LogP contribution is -1.82. The highest BCUT2D eigenvalue weighted by Gasteiger charge is 2.06. The van der Waals surface area contributed by atoms with E-state index in [1.165, 1.54) is 5.39 Å². The maximum Gasteiger partial charge on any atom is 0.139 e. The van der Waals surface area contributed by atoms with Crippen LogP contribution >= 0.6 is 0 Å². The summed E-state index contributed by atoms with van der Waals surface area (Å²) in [7, 11) is 0. The summed E-state index contributed by atoms with van der Waals surface area (Å²) in [5, 5.41) is 2.33. The van der Waals surface area contributed by atoms with Crippen LogP contribution in [0.2, 0.25) is 0 Å². The number of fused-ring (bicyclic) bond motifs is 4. The molecule has 0 atom stereocenters. The summed E-state index contributed by atoms with van der Waals surface area (Å²) >= 11 is 0. The molecule has 80 valence electrons. The number of pyridine rings is 2. The molecule has 3 nitrogen and oxygen atoms in total. The summed E-state index contributed by atoms with van der Waals surface area (Å²) in [6, 6.07) is 14.2. The molecule has 0 saturated heterocycles. The van der Waals surface area contributed by atoms with E-state index in [1.54, 1.807) is 6.20 Å². The molecule has 4 aromatic rings. The Kier molecular flexibility index (Phi) is 1.56. The van der Waals surface area contributed by atoms with Gasteiger partial charge in [0.25, 0.3) is 0 Å². The van der Waals surface area contributed by atoms with Crippen molar-refractivity contribution in [1.29, 1.82) is 0 Å². The van der Waals surface area contributed by atoms with Crippen molar-refractivity contribution in [3.05, 3.63) is 48.7 Å². The molecule has 0 unspecified atom stereocenters. The SMILES string of the molecule is c1cnc2cc3c(nc2c1)[nH]c1ccccc13. The second-order valence-corrected chi connectivity index (χ2v) is 4.10. The van der Waals surface area contributed by atoms with Crippen molar-refractivity contribution in [2.45, 2.75) is 0 Å². The van der Waals surface area contributed by atoms with Gasteiger partial charge in [-0.2, -0.15) is 0 Å². The van der Waals surface area contributed by atoms with Crippen molar-refractivity contribution in [3.8, 4) is 0 Å². The van der Waals surface area contributed by atoms with Crippen LogP contribution in [0, 0.1) is 0 Å². The highest BCUT2D eigenvalue weighted by Crippen LogP contribution is 2.26. The van der Waals surface area contributed by atoms with E-state index < -0.39 is 0 Å². The third-order valence-electron chi connectivity index (χ3n) is 3.05. The van der Waals surface area contributed by atoms with Gasteiger partial charge in [-0.3, -0.25) is 4.98 Å². The second-order valence-electron chi connectivity index (χ2n) is 4.10. The molecule has 17 heavy (non-hydrogen) atoms. The number of rotatable bonds is 0. The fraction of sp³-hybridized carbons (Fsp3) is 0. The van der Waals surface area contributed by atoms with Gasteiger partial charge in [-0.25, -0.2) is 4.98 Å². The van der Waals surface area contributed by atoms with Gasteiger partial charge in [0.15, 0.2) is 0 Å². The van der Waals surface area contributed by atoms with E-state index in [0.717, 1.165) is 27.6 Å². The molecule has 0 aliphatic heterocycles. The van der Waals surface area contributed by atoms with Crippen LogP contribution in [-0.4, -0.2) is 15.0 Å². The summed E-state index contributed by atoms with van der Waals surface area (Å²) in [4.78, 5) is 12.3. The molecular formula is C14H9N3. The smallest absolute Gasteiger partial charge is 0.139 e.